The van der Waals surface area contributed by atoms with Crippen LogP contribution in [-0.2, 0) is 16.1 Å². The average Bonchev–Trinajstić information content (AvgIpc) is 3.69. The molecule has 3 aromatic rings. The van der Waals surface area contributed by atoms with Crippen LogP contribution < -0.4 is 0 Å². The van der Waals surface area contributed by atoms with Crippen LogP contribution in [0.4, 0.5) is 8.78 Å². The molecule has 1 N–H and O–H groups in total. The molecule has 0 bridgehead atoms. The summed E-state index contributed by atoms with van der Waals surface area (Å²) in [6.07, 6.45) is 3.64. The van der Waals surface area contributed by atoms with E-state index in [-0.39, 0.29) is 36.0 Å². The number of phenols is 1. The zero-order chi connectivity index (χ0) is 24.2. The van der Waals surface area contributed by atoms with Crippen LogP contribution >= 0.6 is 0 Å². The van der Waals surface area contributed by atoms with Gasteiger partial charge in [-0.15, -0.1) is 0 Å². The van der Waals surface area contributed by atoms with Crippen molar-refractivity contribution in [1.29, 1.82) is 0 Å². The quantitative estimate of drug-likeness (QED) is 0.583. The number of benzene rings is 3. The van der Waals surface area contributed by atoms with E-state index in [2.05, 4.69) is 4.90 Å². The number of amides is 1. The van der Waals surface area contributed by atoms with Gasteiger partial charge in [0, 0.05) is 31.2 Å². The van der Waals surface area contributed by atoms with E-state index in [0.717, 1.165) is 42.0 Å². The molecule has 5 nitrogen and oxygen atoms in total. The second kappa shape index (κ2) is 8.57. The molecule has 1 amide bonds. The minimum atomic E-state index is -0.550. The van der Waals surface area contributed by atoms with Crippen LogP contribution in [-0.4, -0.2) is 58.7 Å². The lowest BCUT2D eigenvalue weighted by atomic mass is 9.89. The van der Waals surface area contributed by atoms with Gasteiger partial charge in [-0.1, -0.05) is 18.2 Å². The second-order valence-electron chi connectivity index (χ2n) is 10.2. The van der Waals surface area contributed by atoms with Crippen LogP contribution in [0.15, 0.2) is 48.5 Å². The summed E-state index contributed by atoms with van der Waals surface area (Å²) >= 11 is 0. The normalized spacial score (nSPS) is 20.6. The van der Waals surface area contributed by atoms with Crippen molar-refractivity contribution in [3.63, 3.8) is 0 Å². The largest absolute Gasteiger partial charge is 0.508 e. The summed E-state index contributed by atoms with van der Waals surface area (Å²) in [5.41, 5.74) is 0.948. The van der Waals surface area contributed by atoms with Gasteiger partial charge >= 0.3 is 0 Å². The third-order valence-corrected chi connectivity index (χ3v) is 7.72. The van der Waals surface area contributed by atoms with Crippen molar-refractivity contribution in [2.75, 3.05) is 26.2 Å². The maximum Gasteiger partial charge on any atom is 0.248 e. The van der Waals surface area contributed by atoms with Gasteiger partial charge in [0.15, 0.2) is 0 Å². The molecule has 0 unspecified atom stereocenters. The van der Waals surface area contributed by atoms with Crippen molar-refractivity contribution in [3.8, 4) is 16.9 Å². The first-order chi connectivity index (χ1) is 16.9. The van der Waals surface area contributed by atoms with Crippen molar-refractivity contribution < 1.29 is 23.4 Å². The number of carbonyl (C=O) groups is 1. The summed E-state index contributed by atoms with van der Waals surface area (Å²) in [5.74, 6) is -0.843. The molecular weight excluding hydrogens is 450 g/mol. The monoisotopic (exact) mass is 478 g/mol. The Balaban J connectivity index is 1.15. The number of morpholine rings is 1. The Morgan fingerprint density at radius 3 is 2.34 bits per heavy atom. The molecule has 1 aliphatic carbocycles. The van der Waals surface area contributed by atoms with E-state index in [1.54, 1.807) is 24.3 Å². The molecule has 182 valence electrons. The van der Waals surface area contributed by atoms with Crippen molar-refractivity contribution in [3.05, 3.63) is 65.7 Å². The Morgan fingerprint density at radius 2 is 1.63 bits per heavy atom. The Hall–Kier alpha value is -3.03. The number of rotatable bonds is 4. The number of ether oxygens (including phenoxy) is 1. The third kappa shape index (κ3) is 4.39. The molecule has 1 saturated carbocycles. The number of phenolic OH excluding ortho intramolecular Hbond substituents is 1. The van der Waals surface area contributed by atoms with Gasteiger partial charge in [0.05, 0.1) is 12.1 Å². The number of halogens is 2. The predicted molar refractivity (Wildman–Crippen MR) is 129 cm³/mol. The maximum absolute atomic E-state index is 15.1. The van der Waals surface area contributed by atoms with Gasteiger partial charge in [-0.2, -0.15) is 0 Å². The molecule has 3 aliphatic rings. The highest BCUT2D eigenvalue weighted by Crippen LogP contribution is 2.37. The highest BCUT2D eigenvalue weighted by molar-refractivity contribution is 5.88. The highest BCUT2D eigenvalue weighted by Gasteiger charge is 2.46. The third-order valence-electron chi connectivity index (χ3n) is 7.72. The lowest BCUT2D eigenvalue weighted by Gasteiger charge is -2.47. The molecule has 2 saturated heterocycles. The molecule has 6 rings (SSSR count). The van der Waals surface area contributed by atoms with Crippen molar-refractivity contribution in [1.82, 2.24) is 9.80 Å². The zero-order valence-corrected chi connectivity index (χ0v) is 19.5. The van der Waals surface area contributed by atoms with E-state index in [4.69, 9.17) is 4.74 Å². The predicted octanol–water partition coefficient (Wildman–Crippen LogP) is 4.85. The van der Waals surface area contributed by atoms with Gasteiger partial charge in [0.1, 0.15) is 24.0 Å². The van der Waals surface area contributed by atoms with Crippen LogP contribution in [0.5, 0.6) is 5.75 Å². The number of hydrogen-bond donors (Lipinski definition) is 1. The van der Waals surface area contributed by atoms with Crippen molar-refractivity contribution in [2.45, 2.75) is 43.9 Å². The molecule has 3 fully saturated rings. The standard InChI is InChI=1S/C28H28F2N2O3/c29-25-13-21(19-1-2-20-12-23(33)6-3-18(20)11-19)14-26(30)24(25)15-31-9-7-28(8-10-31)17-32(22-4-5-22)27(34)16-35-28/h1-3,6,11-14,22,33H,4-5,7-10,15-17H2. The van der Waals surface area contributed by atoms with Gasteiger partial charge in [0.2, 0.25) is 5.91 Å². The molecule has 35 heavy (non-hydrogen) atoms. The summed E-state index contributed by atoms with van der Waals surface area (Å²) in [5, 5.41) is 11.4. The minimum Gasteiger partial charge on any atom is -0.508 e. The Kier molecular flexibility index (Phi) is 5.49. The lowest BCUT2D eigenvalue weighted by Crippen LogP contribution is -2.59. The fraction of sp³-hybridized carbons (Fsp3) is 0.393. The number of hydrogen-bond acceptors (Lipinski definition) is 4. The zero-order valence-electron chi connectivity index (χ0n) is 19.5. The Labute approximate surface area is 202 Å². The summed E-state index contributed by atoms with van der Waals surface area (Å²) in [4.78, 5) is 16.2. The molecule has 3 aromatic carbocycles. The maximum atomic E-state index is 15.1. The van der Waals surface area contributed by atoms with Crippen molar-refractivity contribution in [2.24, 2.45) is 0 Å². The molecule has 2 aliphatic heterocycles. The number of fused-ring (bicyclic) bond motifs is 1. The minimum absolute atomic E-state index is 0.0781. The summed E-state index contributed by atoms with van der Waals surface area (Å²) in [7, 11) is 0. The molecule has 0 radical (unpaired) electrons. The number of piperidine rings is 1. The van der Waals surface area contributed by atoms with E-state index in [1.807, 2.05) is 17.0 Å². The SMILES string of the molecule is O=C1COC2(CCN(Cc3c(F)cc(-c4ccc5cc(O)ccc5c4)cc3F)CC2)CN1C1CC1. The molecular formula is C28H28F2N2O3. The van der Waals surface area contributed by atoms with Crippen LogP contribution in [0.1, 0.15) is 31.2 Å². The summed E-state index contributed by atoms with van der Waals surface area (Å²) < 4.78 is 36.2. The Bertz CT molecular complexity index is 1280. The van der Waals surface area contributed by atoms with Crippen molar-refractivity contribution >= 4 is 16.7 Å². The topological polar surface area (TPSA) is 53.0 Å². The van der Waals surface area contributed by atoms with E-state index < -0.39 is 11.6 Å². The van der Waals surface area contributed by atoms with Gasteiger partial charge in [-0.25, -0.2) is 8.78 Å². The van der Waals surface area contributed by atoms with E-state index in [9.17, 15) is 9.90 Å². The van der Waals surface area contributed by atoms with Crippen LogP contribution in [0, 0.1) is 11.6 Å². The molecule has 1 spiro atoms. The van der Waals surface area contributed by atoms with Gasteiger partial charge in [-0.3, -0.25) is 9.69 Å². The fourth-order valence-corrected chi connectivity index (χ4v) is 5.44. The molecule has 7 heteroatoms. The number of nitrogens with zero attached hydrogens (tertiary/aromatic N) is 2. The molecule has 0 aromatic heterocycles. The molecule has 2 heterocycles. The number of carbonyl (C=O) groups excluding carboxylic acids is 1. The summed E-state index contributed by atoms with van der Waals surface area (Å²) in [6.45, 7) is 2.32. The van der Waals surface area contributed by atoms with Gasteiger partial charge in [0.25, 0.3) is 0 Å². The second-order valence-corrected chi connectivity index (χ2v) is 10.2. The van der Waals surface area contributed by atoms with Gasteiger partial charge < -0.3 is 14.7 Å². The first kappa shape index (κ1) is 22.4. The van der Waals surface area contributed by atoms with E-state index in [0.29, 0.717) is 31.2 Å². The van der Waals surface area contributed by atoms with E-state index in [1.165, 1.54) is 12.1 Å². The van der Waals surface area contributed by atoms with Crippen LogP contribution in [0.2, 0.25) is 0 Å². The van der Waals surface area contributed by atoms with Crippen LogP contribution in [0.3, 0.4) is 0 Å². The average molecular weight is 479 g/mol. The fourth-order valence-electron chi connectivity index (χ4n) is 5.44. The number of likely N-dealkylation sites (tertiary alicyclic amines) is 1. The smallest absolute Gasteiger partial charge is 0.248 e. The van der Waals surface area contributed by atoms with E-state index >= 15 is 8.78 Å². The Morgan fingerprint density at radius 1 is 0.943 bits per heavy atom. The van der Waals surface area contributed by atoms with Gasteiger partial charge in [-0.05, 0) is 77.9 Å². The summed E-state index contributed by atoms with van der Waals surface area (Å²) in [6, 6.07) is 13.7. The first-order valence-corrected chi connectivity index (χ1v) is 12.3. The highest BCUT2D eigenvalue weighted by atomic mass is 19.1. The number of aromatic hydroxyl groups is 1. The first-order valence-electron chi connectivity index (χ1n) is 12.3. The lowest BCUT2D eigenvalue weighted by molar-refractivity contribution is -0.172. The van der Waals surface area contributed by atoms with Crippen LogP contribution in [0.25, 0.3) is 21.9 Å². The molecule has 0 atom stereocenters.